The van der Waals surface area contributed by atoms with E-state index in [1.165, 1.54) is 96.3 Å². The predicted octanol–water partition coefficient (Wildman–Crippen LogP) is 7.67. The summed E-state index contributed by atoms with van der Waals surface area (Å²) in [5.41, 5.74) is 0. The fourth-order valence-electron chi connectivity index (χ4n) is 4.22. The Morgan fingerprint density at radius 3 is 1.59 bits per heavy atom. The average Bonchev–Trinajstić information content (AvgIpc) is 2.88. The van der Waals surface area contributed by atoms with Crippen LogP contribution in [0.15, 0.2) is 0 Å². The molecule has 0 aliphatic rings. The van der Waals surface area contributed by atoms with E-state index in [1.807, 2.05) is 25.9 Å². The molecule has 0 spiro atoms. The summed E-state index contributed by atoms with van der Waals surface area (Å²) in [7, 11) is -0.133. The van der Waals surface area contributed by atoms with E-state index in [2.05, 4.69) is 18.7 Å². The zero-order valence-corrected chi connectivity index (χ0v) is 26.2. The Bertz CT molecular complexity index is 527. The number of hydrogen-bond acceptors (Lipinski definition) is 6. The van der Waals surface area contributed by atoms with Crippen LogP contribution in [-0.2, 0) is 18.3 Å². The van der Waals surface area contributed by atoms with E-state index in [0.717, 1.165) is 26.1 Å². The van der Waals surface area contributed by atoms with Crippen LogP contribution >= 0.6 is 7.82 Å². The van der Waals surface area contributed by atoms with Crippen molar-refractivity contribution >= 4 is 7.82 Å². The molecule has 0 saturated carbocycles. The van der Waals surface area contributed by atoms with Gasteiger partial charge in [0, 0.05) is 13.2 Å². The number of phosphoric ester groups is 1. The number of nitrogens with zero attached hydrogens (tertiary/aromatic N) is 2. The number of unbranched alkanes of at least 4 members (excludes halogenated alkanes) is 15. The molecular formula is C29H63N2O5P. The largest absolute Gasteiger partial charge is 0.472 e. The van der Waals surface area contributed by atoms with Crippen LogP contribution in [0.1, 0.15) is 124 Å². The molecule has 0 radical (unpaired) electrons. The van der Waals surface area contributed by atoms with Crippen molar-refractivity contribution in [3.8, 4) is 0 Å². The number of phosphoric acid groups is 1. The number of likely N-dealkylation sites (N-methyl/N-ethyl adjacent to an activating group) is 2. The van der Waals surface area contributed by atoms with Crippen LogP contribution in [0.5, 0.6) is 0 Å². The SMILES string of the molecule is CCCCCCCCCCCCCCCCCCOCC(COP(=O)(O)OCCN(C)CC)N(C)CC. The first-order chi connectivity index (χ1) is 17.9. The Balaban J connectivity index is 3.70. The van der Waals surface area contributed by atoms with E-state index in [9.17, 15) is 9.46 Å². The summed E-state index contributed by atoms with van der Waals surface area (Å²) in [5, 5.41) is 0. The highest BCUT2D eigenvalue weighted by Gasteiger charge is 2.25. The van der Waals surface area contributed by atoms with E-state index < -0.39 is 7.82 Å². The van der Waals surface area contributed by atoms with Gasteiger partial charge in [0.25, 0.3) is 0 Å². The first-order valence-corrected chi connectivity index (χ1v) is 16.9. The lowest BCUT2D eigenvalue weighted by Gasteiger charge is -2.27. The fraction of sp³-hybridized carbons (Fsp3) is 1.00. The Hall–Kier alpha value is -0.0100. The molecule has 2 atom stereocenters. The van der Waals surface area contributed by atoms with Gasteiger partial charge in [-0.05, 0) is 33.6 Å². The quantitative estimate of drug-likeness (QED) is 0.0757. The van der Waals surface area contributed by atoms with Crippen LogP contribution in [0.4, 0.5) is 0 Å². The smallest absolute Gasteiger partial charge is 0.380 e. The topological polar surface area (TPSA) is 71.5 Å². The highest BCUT2D eigenvalue weighted by molar-refractivity contribution is 7.47. The van der Waals surface area contributed by atoms with Gasteiger partial charge < -0.3 is 14.5 Å². The van der Waals surface area contributed by atoms with Crippen LogP contribution in [0, 0.1) is 0 Å². The van der Waals surface area contributed by atoms with Crippen molar-refractivity contribution in [2.24, 2.45) is 0 Å². The van der Waals surface area contributed by atoms with Gasteiger partial charge in [0.1, 0.15) is 0 Å². The third-order valence-corrected chi connectivity index (χ3v) is 8.26. The lowest BCUT2D eigenvalue weighted by molar-refractivity contribution is 0.0362. The molecule has 2 unspecified atom stereocenters. The molecule has 37 heavy (non-hydrogen) atoms. The summed E-state index contributed by atoms with van der Waals surface area (Å²) < 4.78 is 28.4. The van der Waals surface area contributed by atoms with Crippen molar-refractivity contribution in [3.05, 3.63) is 0 Å². The van der Waals surface area contributed by atoms with Crippen LogP contribution in [0.3, 0.4) is 0 Å². The van der Waals surface area contributed by atoms with Crippen molar-refractivity contribution in [1.29, 1.82) is 0 Å². The molecule has 1 N–H and O–H groups in total. The minimum absolute atomic E-state index is 0.0755. The van der Waals surface area contributed by atoms with Gasteiger partial charge in [-0.3, -0.25) is 13.9 Å². The molecule has 224 valence electrons. The molecule has 0 aliphatic carbocycles. The molecule has 0 fully saturated rings. The van der Waals surface area contributed by atoms with Crippen molar-refractivity contribution in [2.45, 2.75) is 130 Å². The van der Waals surface area contributed by atoms with E-state index in [1.54, 1.807) is 0 Å². The molecule has 7 nitrogen and oxygen atoms in total. The van der Waals surface area contributed by atoms with Crippen LogP contribution < -0.4 is 0 Å². The second-order valence-electron chi connectivity index (χ2n) is 10.6. The van der Waals surface area contributed by atoms with Crippen molar-refractivity contribution < 1.29 is 23.2 Å². The third-order valence-electron chi connectivity index (χ3n) is 7.27. The Morgan fingerprint density at radius 1 is 0.649 bits per heavy atom. The zero-order chi connectivity index (χ0) is 27.6. The lowest BCUT2D eigenvalue weighted by atomic mass is 10.0. The monoisotopic (exact) mass is 550 g/mol. The molecule has 0 aromatic heterocycles. The van der Waals surface area contributed by atoms with Crippen molar-refractivity contribution in [2.75, 3.05) is 60.2 Å². The second kappa shape index (κ2) is 26.2. The van der Waals surface area contributed by atoms with Gasteiger partial charge in [0.2, 0.25) is 0 Å². The third kappa shape index (κ3) is 24.7. The molecule has 0 amide bonds. The Kier molecular flexibility index (Phi) is 26.2. The highest BCUT2D eigenvalue weighted by Crippen LogP contribution is 2.43. The van der Waals surface area contributed by atoms with Gasteiger partial charge in [-0.1, -0.05) is 117 Å². The molecule has 0 heterocycles. The van der Waals surface area contributed by atoms with Gasteiger partial charge in [-0.2, -0.15) is 0 Å². The van der Waals surface area contributed by atoms with Gasteiger partial charge >= 0.3 is 7.82 Å². The first-order valence-electron chi connectivity index (χ1n) is 15.4. The summed E-state index contributed by atoms with van der Waals surface area (Å²) in [4.78, 5) is 14.1. The van der Waals surface area contributed by atoms with E-state index in [0.29, 0.717) is 13.2 Å². The van der Waals surface area contributed by atoms with E-state index in [4.69, 9.17) is 13.8 Å². The second-order valence-corrected chi connectivity index (χ2v) is 12.1. The Morgan fingerprint density at radius 2 is 1.14 bits per heavy atom. The fourth-order valence-corrected chi connectivity index (χ4v) is 4.97. The minimum atomic E-state index is -4.05. The summed E-state index contributed by atoms with van der Waals surface area (Å²) in [6, 6.07) is -0.0755. The number of hydrogen-bond donors (Lipinski definition) is 1. The Labute approximate surface area is 230 Å². The molecular weight excluding hydrogens is 487 g/mol. The maximum absolute atomic E-state index is 12.2. The molecule has 0 aromatic carbocycles. The molecule has 0 rings (SSSR count). The number of ether oxygens (including phenoxy) is 1. The van der Waals surface area contributed by atoms with Crippen molar-refractivity contribution in [3.63, 3.8) is 0 Å². The van der Waals surface area contributed by atoms with E-state index >= 15 is 0 Å². The predicted molar refractivity (Wildman–Crippen MR) is 157 cm³/mol. The summed E-state index contributed by atoms with van der Waals surface area (Å²) in [5.74, 6) is 0. The zero-order valence-electron chi connectivity index (χ0n) is 25.3. The van der Waals surface area contributed by atoms with Gasteiger partial charge in [0.05, 0.1) is 25.9 Å². The van der Waals surface area contributed by atoms with Crippen molar-refractivity contribution in [1.82, 2.24) is 9.80 Å². The molecule has 0 bridgehead atoms. The molecule has 8 heteroatoms. The average molecular weight is 551 g/mol. The summed E-state index contributed by atoms with van der Waals surface area (Å²) in [6.07, 6.45) is 21.7. The lowest BCUT2D eigenvalue weighted by Crippen LogP contribution is -2.39. The standard InChI is InChI=1S/C29H63N2O5P/c1-6-9-10-11-12-13-14-15-16-17-18-19-20-21-22-23-25-34-27-29(31(5)8-3)28-36-37(32,33)35-26-24-30(4)7-2/h29H,6-28H2,1-5H3,(H,32,33). The summed E-state index contributed by atoms with van der Waals surface area (Å²) in [6.45, 7) is 10.1. The van der Waals surface area contributed by atoms with Crippen LogP contribution in [0.2, 0.25) is 0 Å². The normalized spacial score (nSPS) is 14.5. The van der Waals surface area contributed by atoms with Gasteiger partial charge in [0.15, 0.2) is 0 Å². The van der Waals surface area contributed by atoms with Crippen LogP contribution in [0.25, 0.3) is 0 Å². The van der Waals surface area contributed by atoms with E-state index in [-0.39, 0.29) is 19.3 Å². The molecule has 0 saturated heterocycles. The first kappa shape index (κ1) is 37.0. The van der Waals surface area contributed by atoms with Gasteiger partial charge in [-0.15, -0.1) is 0 Å². The van der Waals surface area contributed by atoms with Gasteiger partial charge in [-0.25, -0.2) is 4.57 Å². The maximum Gasteiger partial charge on any atom is 0.472 e. The number of rotatable bonds is 29. The maximum atomic E-state index is 12.2. The molecule has 0 aromatic rings. The van der Waals surface area contributed by atoms with Crippen LogP contribution in [-0.4, -0.2) is 80.9 Å². The highest BCUT2D eigenvalue weighted by atomic mass is 31.2. The minimum Gasteiger partial charge on any atom is -0.380 e. The molecule has 0 aliphatic heterocycles. The summed E-state index contributed by atoms with van der Waals surface area (Å²) >= 11 is 0.